The van der Waals surface area contributed by atoms with Crippen LogP contribution in [0.15, 0.2) is 76.0 Å². The summed E-state index contributed by atoms with van der Waals surface area (Å²) in [6.45, 7) is 1.74. The van der Waals surface area contributed by atoms with E-state index in [4.69, 9.17) is 0 Å². The van der Waals surface area contributed by atoms with E-state index in [1.807, 2.05) is 24.3 Å². The van der Waals surface area contributed by atoms with Crippen molar-refractivity contribution in [2.75, 3.05) is 0 Å². The molecule has 0 aliphatic carbocycles. The molecule has 2 heterocycles. The monoisotopic (exact) mass is 548 g/mol. The molecule has 1 aromatic heterocycles. The van der Waals surface area contributed by atoms with Gasteiger partial charge in [-0.3, -0.25) is 0 Å². The highest BCUT2D eigenvalue weighted by Crippen LogP contribution is 2.35. The lowest BCUT2D eigenvalue weighted by Gasteiger charge is -2.19. The lowest BCUT2D eigenvalue weighted by atomic mass is 9.97. The van der Waals surface area contributed by atoms with E-state index in [0.29, 0.717) is 28.0 Å². The second-order valence-electron chi connectivity index (χ2n) is 9.01. The number of nitrogens with one attached hydrogen (secondary N) is 2. The molecule has 0 saturated heterocycles. The average molecular weight is 549 g/mol. The number of benzene rings is 3. The summed E-state index contributed by atoms with van der Waals surface area (Å²) in [5.74, 6) is -0.288. The minimum atomic E-state index is -4.12. The van der Waals surface area contributed by atoms with Crippen LogP contribution in [0, 0.1) is 18.3 Å². The van der Waals surface area contributed by atoms with Gasteiger partial charge in [0.1, 0.15) is 17.1 Å². The van der Waals surface area contributed by atoms with Gasteiger partial charge in [0.25, 0.3) is 10.0 Å². The predicted octanol–water partition coefficient (Wildman–Crippen LogP) is 2.54. The maximum Gasteiger partial charge on any atom is 0.259 e. The van der Waals surface area contributed by atoms with Crippen LogP contribution in [0.3, 0.4) is 0 Å². The van der Waals surface area contributed by atoms with Crippen molar-refractivity contribution in [1.29, 1.82) is 5.26 Å². The van der Waals surface area contributed by atoms with E-state index in [9.17, 15) is 27.2 Å². The standard InChI is InChI=1S/C26H23N5O5S2/c1-16-12-17(10-11-19(16)24-14-25(32)31-38(24,35)36)13-22(26-28-20-7-3-4-8-21(20)29-26)30-37(33,34)23-9-5-2-6-18(23)15-27/h2-12,22,24,30H,13-14H2,1H3,(H,28,29)(H,31,32)/p-1/t22-,24-/m0/s1. The molecule has 3 aromatic carbocycles. The minimum absolute atomic E-state index is 0.0151. The van der Waals surface area contributed by atoms with Gasteiger partial charge in [0.05, 0.1) is 27.5 Å². The molecular weight excluding hydrogens is 526 g/mol. The van der Waals surface area contributed by atoms with Crippen LogP contribution in [-0.2, 0) is 26.5 Å². The lowest BCUT2D eigenvalue weighted by molar-refractivity contribution is -0.217. The summed E-state index contributed by atoms with van der Waals surface area (Å²) in [5, 5.41) is 20.1. The number of aromatic amines is 1. The van der Waals surface area contributed by atoms with Gasteiger partial charge in [-0.05, 0) is 66.6 Å². The number of hydrogen-bond donors (Lipinski definition) is 2. The number of hydrogen-bond acceptors (Lipinski definition) is 7. The van der Waals surface area contributed by atoms with Crippen molar-refractivity contribution < 1.29 is 21.9 Å². The minimum Gasteiger partial charge on any atom is -0.861 e. The van der Waals surface area contributed by atoms with E-state index in [-0.39, 0.29) is 23.3 Å². The molecule has 194 valence electrons. The molecule has 2 atom stereocenters. The summed E-state index contributed by atoms with van der Waals surface area (Å²) >= 11 is 0. The van der Waals surface area contributed by atoms with Crippen molar-refractivity contribution in [2.24, 2.45) is 4.40 Å². The van der Waals surface area contributed by atoms with Crippen LogP contribution in [-0.4, -0.2) is 32.7 Å². The third kappa shape index (κ3) is 4.91. The first-order chi connectivity index (χ1) is 18.1. The zero-order valence-corrected chi connectivity index (χ0v) is 21.8. The Hall–Kier alpha value is -4.05. The molecule has 0 amide bonds. The summed E-state index contributed by atoms with van der Waals surface area (Å²) in [7, 11) is -8.05. The summed E-state index contributed by atoms with van der Waals surface area (Å²) < 4.78 is 57.3. The third-order valence-corrected chi connectivity index (χ3v) is 9.53. The van der Waals surface area contributed by atoms with E-state index in [1.165, 1.54) is 12.1 Å². The first-order valence-corrected chi connectivity index (χ1v) is 14.6. The molecule has 0 spiro atoms. The summed E-state index contributed by atoms with van der Waals surface area (Å²) in [6.07, 6.45) is -0.0299. The Labute approximate surface area is 219 Å². The van der Waals surface area contributed by atoms with Gasteiger partial charge in [-0.25, -0.2) is 26.5 Å². The number of rotatable bonds is 7. The van der Waals surface area contributed by atoms with E-state index >= 15 is 0 Å². The molecule has 0 saturated carbocycles. The van der Waals surface area contributed by atoms with E-state index in [0.717, 1.165) is 5.52 Å². The molecule has 1 aliphatic heterocycles. The van der Waals surface area contributed by atoms with Gasteiger partial charge in [-0.15, -0.1) is 0 Å². The van der Waals surface area contributed by atoms with Crippen LogP contribution in [0.25, 0.3) is 11.0 Å². The van der Waals surface area contributed by atoms with Gasteiger partial charge >= 0.3 is 0 Å². The van der Waals surface area contributed by atoms with Crippen molar-refractivity contribution in [2.45, 2.75) is 36.0 Å². The molecule has 2 N–H and O–H groups in total. The average Bonchev–Trinajstić information content (AvgIpc) is 3.43. The fourth-order valence-corrected chi connectivity index (χ4v) is 7.40. The first-order valence-electron chi connectivity index (χ1n) is 11.6. The molecule has 5 rings (SSSR count). The number of H-pyrrole nitrogens is 1. The molecule has 1 aliphatic rings. The molecule has 0 fully saturated rings. The Bertz CT molecular complexity index is 1810. The van der Waals surface area contributed by atoms with Crippen molar-refractivity contribution in [3.05, 3.63) is 94.8 Å². The molecule has 0 bridgehead atoms. The molecule has 38 heavy (non-hydrogen) atoms. The van der Waals surface area contributed by atoms with Gasteiger partial charge in [-0.1, -0.05) is 42.5 Å². The Morgan fingerprint density at radius 3 is 2.58 bits per heavy atom. The number of para-hydroxylation sites is 2. The van der Waals surface area contributed by atoms with Crippen LogP contribution in [0.1, 0.15) is 45.8 Å². The number of aryl methyl sites for hydroxylation is 1. The quantitative estimate of drug-likeness (QED) is 0.358. The van der Waals surface area contributed by atoms with Crippen molar-refractivity contribution in [1.82, 2.24) is 14.7 Å². The topological polar surface area (TPSA) is 168 Å². The number of imidazole rings is 1. The van der Waals surface area contributed by atoms with Gasteiger partial charge in [0.2, 0.25) is 10.0 Å². The van der Waals surface area contributed by atoms with Crippen LogP contribution in [0.5, 0.6) is 0 Å². The highest BCUT2D eigenvalue weighted by atomic mass is 32.2. The van der Waals surface area contributed by atoms with E-state index < -0.39 is 37.2 Å². The molecule has 0 unspecified atom stereocenters. The zero-order valence-electron chi connectivity index (χ0n) is 20.1. The Balaban J connectivity index is 1.51. The van der Waals surface area contributed by atoms with Gasteiger partial charge in [-0.2, -0.15) is 9.66 Å². The maximum atomic E-state index is 13.4. The molecule has 0 radical (unpaired) electrons. The second-order valence-corrected chi connectivity index (χ2v) is 12.5. The summed E-state index contributed by atoms with van der Waals surface area (Å²) in [5.41, 5.74) is 3.24. The van der Waals surface area contributed by atoms with Crippen LogP contribution < -0.4 is 9.83 Å². The first kappa shape index (κ1) is 25.6. The van der Waals surface area contributed by atoms with Gasteiger partial charge in [0.15, 0.2) is 0 Å². The summed E-state index contributed by atoms with van der Waals surface area (Å²) in [6, 6.07) is 19.4. The normalized spacial score (nSPS) is 17.7. The Morgan fingerprint density at radius 1 is 1.16 bits per heavy atom. The van der Waals surface area contributed by atoms with E-state index in [2.05, 4.69) is 19.1 Å². The lowest BCUT2D eigenvalue weighted by Crippen LogP contribution is -2.31. The Morgan fingerprint density at radius 2 is 1.89 bits per heavy atom. The smallest absolute Gasteiger partial charge is 0.259 e. The molecule has 4 aromatic rings. The van der Waals surface area contributed by atoms with Gasteiger partial charge in [0, 0.05) is 0 Å². The van der Waals surface area contributed by atoms with Crippen LogP contribution >= 0.6 is 0 Å². The third-order valence-electron chi connectivity index (χ3n) is 6.40. The van der Waals surface area contributed by atoms with E-state index in [1.54, 1.807) is 43.3 Å². The second kappa shape index (κ2) is 9.68. The largest absolute Gasteiger partial charge is 0.861 e. The number of fused-ring (bicyclic) bond motifs is 1. The fourth-order valence-electron chi connectivity index (χ4n) is 4.61. The highest BCUT2D eigenvalue weighted by molar-refractivity contribution is 7.91. The number of nitriles is 1. The number of aromatic nitrogens is 2. The molecule has 10 nitrogen and oxygen atoms in total. The molecular formula is C26H22N5O5S2-. The zero-order chi connectivity index (χ0) is 27.1. The van der Waals surface area contributed by atoms with Gasteiger partial charge < -0.3 is 10.1 Å². The molecule has 12 heteroatoms. The SMILES string of the molecule is Cc1cc(C[C@H](NS(=O)(=O)c2ccccc2C#N)c2nc3ccccc3[nH]2)ccc1[C@@H]1CC([O-])=NS1(=O)=O. The highest BCUT2D eigenvalue weighted by Gasteiger charge is 2.33. The number of nitrogens with zero attached hydrogens (tertiary/aromatic N) is 3. The summed E-state index contributed by atoms with van der Waals surface area (Å²) in [4.78, 5) is 7.61. The maximum absolute atomic E-state index is 13.4. The van der Waals surface area contributed by atoms with Crippen molar-refractivity contribution >= 4 is 37.0 Å². The fraction of sp³-hybridized carbons (Fsp3) is 0.192. The van der Waals surface area contributed by atoms with Crippen molar-refractivity contribution in [3.63, 3.8) is 0 Å². The Kier molecular flexibility index (Phi) is 6.52. The van der Waals surface area contributed by atoms with Crippen LogP contribution in [0.4, 0.5) is 0 Å². The number of sulfonamides is 2. The van der Waals surface area contributed by atoms with Crippen LogP contribution in [0.2, 0.25) is 0 Å². The van der Waals surface area contributed by atoms with Crippen molar-refractivity contribution in [3.8, 4) is 6.07 Å². The predicted molar refractivity (Wildman–Crippen MR) is 139 cm³/mol.